The average molecular weight is 248 g/mol. The standard InChI is InChI=1S/C12H16N4O2/c1-17-12(2-6-18-7-3-12)9-16-11-10(8-13)14-4-5-15-11/h4-5H,2-3,6-7,9H2,1H3,(H,15,16). The number of nitrogens with zero attached hydrogens (tertiary/aromatic N) is 3. The molecule has 0 aromatic carbocycles. The van der Waals surface area contributed by atoms with Crippen molar-refractivity contribution in [2.45, 2.75) is 18.4 Å². The lowest BCUT2D eigenvalue weighted by molar-refractivity contribution is -0.0807. The van der Waals surface area contributed by atoms with Crippen LogP contribution in [0.5, 0.6) is 0 Å². The van der Waals surface area contributed by atoms with Gasteiger partial charge in [-0.25, -0.2) is 9.97 Å². The third kappa shape index (κ3) is 2.75. The van der Waals surface area contributed by atoms with Gasteiger partial charge in [0, 0.05) is 52.1 Å². The summed E-state index contributed by atoms with van der Waals surface area (Å²) in [5, 5.41) is 12.1. The van der Waals surface area contributed by atoms with Gasteiger partial charge >= 0.3 is 0 Å². The molecule has 0 spiro atoms. The minimum absolute atomic E-state index is 0.248. The molecule has 1 N–H and O–H groups in total. The van der Waals surface area contributed by atoms with Crippen LogP contribution in [0.1, 0.15) is 18.5 Å². The van der Waals surface area contributed by atoms with Crippen molar-refractivity contribution < 1.29 is 9.47 Å². The van der Waals surface area contributed by atoms with Gasteiger partial charge in [0.15, 0.2) is 11.5 Å². The maximum atomic E-state index is 8.93. The first-order valence-electron chi connectivity index (χ1n) is 5.87. The molecule has 0 radical (unpaired) electrons. The third-order valence-electron chi connectivity index (χ3n) is 3.22. The Morgan fingerprint density at radius 3 is 2.83 bits per heavy atom. The zero-order valence-corrected chi connectivity index (χ0v) is 10.3. The van der Waals surface area contributed by atoms with Crippen molar-refractivity contribution in [2.75, 3.05) is 32.2 Å². The topological polar surface area (TPSA) is 80.1 Å². The van der Waals surface area contributed by atoms with Crippen LogP contribution in [0.2, 0.25) is 0 Å². The van der Waals surface area contributed by atoms with Gasteiger partial charge in [-0.1, -0.05) is 0 Å². The summed E-state index contributed by atoms with van der Waals surface area (Å²) >= 11 is 0. The Morgan fingerprint density at radius 2 is 2.17 bits per heavy atom. The predicted octanol–water partition coefficient (Wildman–Crippen LogP) is 0.956. The van der Waals surface area contributed by atoms with Gasteiger partial charge in [-0.15, -0.1) is 0 Å². The number of rotatable bonds is 4. The molecule has 96 valence electrons. The Balaban J connectivity index is 2.03. The monoisotopic (exact) mass is 248 g/mol. The van der Waals surface area contributed by atoms with Crippen LogP contribution in [-0.4, -0.2) is 42.4 Å². The molecule has 0 unspecified atom stereocenters. The Morgan fingerprint density at radius 1 is 1.44 bits per heavy atom. The molecule has 1 aromatic heterocycles. The molecule has 0 aliphatic carbocycles. The first-order valence-corrected chi connectivity index (χ1v) is 5.87. The van der Waals surface area contributed by atoms with Gasteiger partial charge in [0.1, 0.15) is 6.07 Å². The van der Waals surface area contributed by atoms with Crippen molar-refractivity contribution >= 4 is 5.82 Å². The summed E-state index contributed by atoms with van der Waals surface area (Å²) < 4.78 is 10.9. The lowest BCUT2D eigenvalue weighted by atomic mass is 9.94. The van der Waals surface area contributed by atoms with E-state index in [0.717, 1.165) is 12.8 Å². The maximum absolute atomic E-state index is 8.93. The number of aromatic nitrogens is 2. The third-order valence-corrected chi connectivity index (χ3v) is 3.22. The smallest absolute Gasteiger partial charge is 0.182 e. The van der Waals surface area contributed by atoms with E-state index < -0.39 is 0 Å². The van der Waals surface area contributed by atoms with Crippen LogP contribution in [0.15, 0.2) is 12.4 Å². The Labute approximate surface area is 106 Å². The van der Waals surface area contributed by atoms with Gasteiger partial charge in [0.25, 0.3) is 0 Å². The Hall–Kier alpha value is -1.71. The number of hydrogen-bond donors (Lipinski definition) is 1. The molecular weight excluding hydrogens is 232 g/mol. The largest absolute Gasteiger partial charge is 0.381 e. The lowest BCUT2D eigenvalue weighted by Gasteiger charge is -2.36. The molecule has 0 amide bonds. The number of anilines is 1. The van der Waals surface area contributed by atoms with Crippen LogP contribution in [0, 0.1) is 11.3 Å². The van der Waals surface area contributed by atoms with Crippen molar-refractivity contribution in [1.82, 2.24) is 9.97 Å². The normalized spacial score (nSPS) is 18.0. The van der Waals surface area contributed by atoms with Gasteiger partial charge in [-0.2, -0.15) is 5.26 Å². The maximum Gasteiger partial charge on any atom is 0.182 e. The molecule has 1 aromatic rings. The van der Waals surface area contributed by atoms with E-state index in [2.05, 4.69) is 15.3 Å². The predicted molar refractivity (Wildman–Crippen MR) is 65.0 cm³/mol. The van der Waals surface area contributed by atoms with Gasteiger partial charge in [0.2, 0.25) is 0 Å². The van der Waals surface area contributed by atoms with Crippen LogP contribution in [-0.2, 0) is 9.47 Å². The summed E-state index contributed by atoms with van der Waals surface area (Å²) in [6.45, 7) is 1.99. The lowest BCUT2D eigenvalue weighted by Crippen LogP contribution is -2.44. The van der Waals surface area contributed by atoms with Crippen LogP contribution in [0.25, 0.3) is 0 Å². The fraction of sp³-hybridized carbons (Fsp3) is 0.583. The summed E-state index contributed by atoms with van der Waals surface area (Å²) in [7, 11) is 1.70. The molecule has 18 heavy (non-hydrogen) atoms. The molecule has 6 heteroatoms. The highest BCUT2D eigenvalue weighted by Gasteiger charge is 2.32. The highest BCUT2D eigenvalue weighted by molar-refractivity contribution is 5.46. The molecule has 0 bridgehead atoms. The Bertz CT molecular complexity index is 438. The fourth-order valence-electron chi connectivity index (χ4n) is 1.99. The van der Waals surface area contributed by atoms with Gasteiger partial charge in [-0.3, -0.25) is 0 Å². The van der Waals surface area contributed by atoms with Crippen molar-refractivity contribution in [1.29, 1.82) is 5.26 Å². The van der Waals surface area contributed by atoms with Crippen LogP contribution >= 0.6 is 0 Å². The van der Waals surface area contributed by atoms with Gasteiger partial charge in [-0.05, 0) is 0 Å². The van der Waals surface area contributed by atoms with Crippen molar-refractivity contribution in [3.63, 3.8) is 0 Å². The first-order chi connectivity index (χ1) is 8.79. The summed E-state index contributed by atoms with van der Waals surface area (Å²) in [5.74, 6) is 0.503. The van der Waals surface area contributed by atoms with Crippen LogP contribution in [0.3, 0.4) is 0 Å². The number of nitriles is 1. The minimum atomic E-state index is -0.248. The van der Waals surface area contributed by atoms with Crippen molar-refractivity contribution in [2.24, 2.45) is 0 Å². The molecule has 2 rings (SSSR count). The van der Waals surface area contributed by atoms with Crippen molar-refractivity contribution in [3.8, 4) is 6.07 Å². The van der Waals surface area contributed by atoms with E-state index in [0.29, 0.717) is 31.3 Å². The van der Waals surface area contributed by atoms with Crippen LogP contribution < -0.4 is 5.32 Å². The number of methoxy groups -OCH3 is 1. The van der Waals surface area contributed by atoms with E-state index >= 15 is 0 Å². The highest BCUT2D eigenvalue weighted by atomic mass is 16.5. The number of ether oxygens (including phenoxy) is 2. The second-order valence-corrected chi connectivity index (χ2v) is 4.22. The molecule has 0 atom stereocenters. The fourth-order valence-corrected chi connectivity index (χ4v) is 1.99. The highest BCUT2D eigenvalue weighted by Crippen LogP contribution is 2.25. The average Bonchev–Trinajstić information content (AvgIpc) is 2.46. The molecule has 1 saturated heterocycles. The van der Waals surface area contributed by atoms with E-state index in [-0.39, 0.29) is 5.60 Å². The first kappa shape index (κ1) is 12.7. The summed E-state index contributed by atoms with van der Waals surface area (Å²) in [4.78, 5) is 8.07. The van der Waals surface area contributed by atoms with E-state index in [1.165, 1.54) is 6.20 Å². The molecule has 2 heterocycles. The summed E-state index contributed by atoms with van der Waals surface area (Å²) in [6.07, 6.45) is 4.73. The zero-order valence-electron chi connectivity index (χ0n) is 10.3. The van der Waals surface area contributed by atoms with Crippen molar-refractivity contribution in [3.05, 3.63) is 18.1 Å². The number of hydrogen-bond acceptors (Lipinski definition) is 6. The molecule has 1 fully saturated rings. The van der Waals surface area contributed by atoms with Crippen LogP contribution in [0.4, 0.5) is 5.82 Å². The van der Waals surface area contributed by atoms with E-state index in [9.17, 15) is 0 Å². The molecule has 6 nitrogen and oxygen atoms in total. The second-order valence-electron chi connectivity index (χ2n) is 4.22. The number of nitrogens with one attached hydrogen (secondary N) is 1. The SMILES string of the molecule is COC1(CNc2nccnc2C#N)CCOCC1. The van der Waals surface area contributed by atoms with E-state index in [4.69, 9.17) is 14.7 Å². The van der Waals surface area contributed by atoms with Gasteiger partial charge < -0.3 is 14.8 Å². The zero-order chi connectivity index (χ0) is 12.8. The van der Waals surface area contributed by atoms with E-state index in [1.54, 1.807) is 13.3 Å². The van der Waals surface area contributed by atoms with Gasteiger partial charge in [0.05, 0.1) is 5.60 Å². The minimum Gasteiger partial charge on any atom is -0.381 e. The molecule has 1 aliphatic heterocycles. The summed E-state index contributed by atoms with van der Waals surface area (Å²) in [6, 6.07) is 2.01. The Kier molecular flexibility index (Phi) is 4.07. The van der Waals surface area contributed by atoms with E-state index in [1.807, 2.05) is 6.07 Å². The summed E-state index contributed by atoms with van der Waals surface area (Å²) in [5.41, 5.74) is 0.0542. The second kappa shape index (κ2) is 5.76. The quantitative estimate of drug-likeness (QED) is 0.854. The molecule has 0 saturated carbocycles. The molecular formula is C12H16N4O2. The molecule has 1 aliphatic rings.